The molecule has 0 atom stereocenters. The number of rotatable bonds is 6. The standard InChI is InChI=1S/C14H26N4O2/c1-6-17(10-14(4,5)20)13(19)16-12-7-15-18(9-12)8-11(2)3/h7,9,11,20H,6,8,10H2,1-5H3,(H,16,19). The van der Waals surface area contributed by atoms with Crippen LogP contribution >= 0.6 is 0 Å². The SMILES string of the molecule is CCN(CC(C)(C)O)C(=O)Nc1cnn(CC(C)C)c1. The van der Waals surface area contributed by atoms with E-state index in [9.17, 15) is 9.90 Å². The molecule has 114 valence electrons. The van der Waals surface area contributed by atoms with Crippen LogP contribution in [0.15, 0.2) is 12.4 Å². The molecule has 0 aliphatic carbocycles. The van der Waals surface area contributed by atoms with E-state index in [1.54, 1.807) is 24.9 Å². The van der Waals surface area contributed by atoms with E-state index in [0.717, 1.165) is 6.54 Å². The lowest BCUT2D eigenvalue weighted by Crippen LogP contribution is -2.44. The van der Waals surface area contributed by atoms with Crippen LogP contribution < -0.4 is 5.32 Å². The highest BCUT2D eigenvalue weighted by molar-refractivity contribution is 5.89. The minimum atomic E-state index is -0.908. The normalized spacial score (nSPS) is 11.8. The van der Waals surface area contributed by atoms with E-state index in [0.29, 0.717) is 18.2 Å². The first-order valence-corrected chi connectivity index (χ1v) is 7.02. The van der Waals surface area contributed by atoms with Crippen molar-refractivity contribution in [2.24, 2.45) is 5.92 Å². The first-order chi connectivity index (χ1) is 9.21. The highest BCUT2D eigenvalue weighted by Crippen LogP contribution is 2.10. The summed E-state index contributed by atoms with van der Waals surface area (Å²) in [5.74, 6) is 0.501. The zero-order valence-corrected chi connectivity index (χ0v) is 13.1. The molecule has 20 heavy (non-hydrogen) atoms. The maximum Gasteiger partial charge on any atom is 0.322 e. The highest BCUT2D eigenvalue weighted by atomic mass is 16.3. The lowest BCUT2D eigenvalue weighted by atomic mass is 10.1. The van der Waals surface area contributed by atoms with Crippen LogP contribution in [0.2, 0.25) is 0 Å². The van der Waals surface area contributed by atoms with Crippen molar-refractivity contribution in [1.29, 1.82) is 0 Å². The number of likely N-dealkylation sites (N-methyl/N-ethyl adjacent to an activating group) is 1. The third-order valence-corrected chi connectivity index (χ3v) is 2.68. The molecule has 0 saturated carbocycles. The van der Waals surface area contributed by atoms with Crippen LogP contribution in [0.25, 0.3) is 0 Å². The summed E-state index contributed by atoms with van der Waals surface area (Å²) in [6.45, 7) is 11.1. The number of carbonyl (C=O) groups excluding carboxylic acids is 1. The zero-order valence-electron chi connectivity index (χ0n) is 13.1. The largest absolute Gasteiger partial charge is 0.389 e. The molecule has 0 bridgehead atoms. The number of carbonyl (C=O) groups is 1. The second-order valence-electron chi connectivity index (χ2n) is 6.10. The van der Waals surface area contributed by atoms with Gasteiger partial charge in [0.05, 0.1) is 24.0 Å². The van der Waals surface area contributed by atoms with Gasteiger partial charge in [-0.15, -0.1) is 0 Å². The molecule has 1 aromatic rings. The maximum atomic E-state index is 12.1. The zero-order chi connectivity index (χ0) is 15.3. The Balaban J connectivity index is 2.62. The van der Waals surface area contributed by atoms with Gasteiger partial charge in [0.2, 0.25) is 0 Å². The van der Waals surface area contributed by atoms with Crippen LogP contribution in [-0.2, 0) is 6.54 Å². The summed E-state index contributed by atoms with van der Waals surface area (Å²) in [6.07, 6.45) is 3.45. The molecule has 1 aromatic heterocycles. The predicted molar refractivity (Wildman–Crippen MR) is 79.6 cm³/mol. The average Bonchev–Trinajstić information content (AvgIpc) is 2.71. The number of amides is 2. The van der Waals surface area contributed by atoms with Crippen LogP contribution in [0.1, 0.15) is 34.6 Å². The number of urea groups is 1. The summed E-state index contributed by atoms with van der Waals surface area (Å²) in [6, 6.07) is -0.223. The van der Waals surface area contributed by atoms with Gasteiger partial charge in [0, 0.05) is 19.3 Å². The Labute approximate surface area is 120 Å². The number of aromatic nitrogens is 2. The molecule has 0 aromatic carbocycles. The topological polar surface area (TPSA) is 70.4 Å². The van der Waals surface area contributed by atoms with Crippen molar-refractivity contribution < 1.29 is 9.90 Å². The third-order valence-electron chi connectivity index (χ3n) is 2.68. The van der Waals surface area contributed by atoms with Gasteiger partial charge in [-0.25, -0.2) is 4.79 Å². The van der Waals surface area contributed by atoms with Crippen molar-refractivity contribution in [1.82, 2.24) is 14.7 Å². The number of hydrogen-bond donors (Lipinski definition) is 2. The first-order valence-electron chi connectivity index (χ1n) is 7.02. The molecule has 6 heteroatoms. The average molecular weight is 282 g/mol. The quantitative estimate of drug-likeness (QED) is 0.840. The van der Waals surface area contributed by atoms with Gasteiger partial charge in [-0.2, -0.15) is 5.10 Å². The Bertz CT molecular complexity index is 435. The van der Waals surface area contributed by atoms with Crippen molar-refractivity contribution in [3.63, 3.8) is 0 Å². The number of aliphatic hydroxyl groups is 1. The van der Waals surface area contributed by atoms with Gasteiger partial charge in [0.25, 0.3) is 0 Å². The van der Waals surface area contributed by atoms with Gasteiger partial charge < -0.3 is 15.3 Å². The second-order valence-corrected chi connectivity index (χ2v) is 6.10. The predicted octanol–water partition coefficient (Wildman–Crippen LogP) is 2.16. The molecule has 0 fully saturated rings. The van der Waals surface area contributed by atoms with Crippen molar-refractivity contribution in [2.45, 2.75) is 46.8 Å². The number of nitrogens with zero attached hydrogens (tertiary/aromatic N) is 3. The third kappa shape index (κ3) is 5.61. The molecular weight excluding hydrogens is 256 g/mol. The van der Waals surface area contributed by atoms with Crippen molar-refractivity contribution >= 4 is 11.7 Å². The van der Waals surface area contributed by atoms with Gasteiger partial charge in [-0.1, -0.05) is 13.8 Å². The summed E-state index contributed by atoms with van der Waals surface area (Å²) >= 11 is 0. The fraction of sp³-hybridized carbons (Fsp3) is 0.714. The lowest BCUT2D eigenvalue weighted by Gasteiger charge is -2.27. The Morgan fingerprint density at radius 1 is 1.55 bits per heavy atom. The minimum absolute atomic E-state index is 0.223. The smallest absolute Gasteiger partial charge is 0.322 e. The highest BCUT2D eigenvalue weighted by Gasteiger charge is 2.21. The Morgan fingerprint density at radius 2 is 2.20 bits per heavy atom. The Hall–Kier alpha value is -1.56. The van der Waals surface area contributed by atoms with Gasteiger partial charge >= 0.3 is 6.03 Å². The molecule has 1 heterocycles. The van der Waals surface area contributed by atoms with Gasteiger partial charge in [0.1, 0.15) is 0 Å². The summed E-state index contributed by atoms with van der Waals surface area (Å²) in [4.78, 5) is 13.7. The van der Waals surface area contributed by atoms with E-state index in [1.165, 1.54) is 0 Å². The van der Waals surface area contributed by atoms with Crippen LogP contribution in [0.4, 0.5) is 10.5 Å². The molecule has 2 N–H and O–H groups in total. The van der Waals surface area contributed by atoms with Crippen LogP contribution in [0.3, 0.4) is 0 Å². The van der Waals surface area contributed by atoms with Gasteiger partial charge in [-0.05, 0) is 26.7 Å². The first kappa shape index (κ1) is 16.5. The number of anilines is 1. The minimum Gasteiger partial charge on any atom is -0.389 e. The van der Waals surface area contributed by atoms with E-state index in [1.807, 2.05) is 17.8 Å². The van der Waals surface area contributed by atoms with Gasteiger partial charge in [-0.3, -0.25) is 4.68 Å². The molecule has 1 rings (SSSR count). The molecule has 2 amide bonds. The Kier molecular flexibility index (Phi) is 5.56. The molecule has 6 nitrogen and oxygen atoms in total. The van der Waals surface area contributed by atoms with Crippen molar-refractivity contribution in [2.75, 3.05) is 18.4 Å². The fourth-order valence-electron chi connectivity index (χ4n) is 1.90. The van der Waals surface area contributed by atoms with E-state index in [2.05, 4.69) is 24.3 Å². The van der Waals surface area contributed by atoms with E-state index >= 15 is 0 Å². The van der Waals surface area contributed by atoms with Crippen LogP contribution in [-0.4, -0.2) is 44.5 Å². The van der Waals surface area contributed by atoms with Crippen LogP contribution in [0, 0.1) is 5.92 Å². The summed E-state index contributed by atoms with van der Waals surface area (Å²) < 4.78 is 1.81. The summed E-state index contributed by atoms with van der Waals surface area (Å²) in [5, 5.41) is 16.8. The summed E-state index contributed by atoms with van der Waals surface area (Å²) in [5.41, 5.74) is -0.236. The van der Waals surface area contributed by atoms with E-state index in [4.69, 9.17) is 0 Å². The molecule has 0 saturated heterocycles. The van der Waals surface area contributed by atoms with E-state index < -0.39 is 5.60 Å². The van der Waals surface area contributed by atoms with Crippen LogP contribution in [0.5, 0.6) is 0 Å². The van der Waals surface area contributed by atoms with Crippen molar-refractivity contribution in [3.8, 4) is 0 Å². The van der Waals surface area contributed by atoms with Crippen molar-refractivity contribution in [3.05, 3.63) is 12.4 Å². The molecule has 0 aliphatic rings. The number of hydrogen-bond acceptors (Lipinski definition) is 3. The molecule has 0 spiro atoms. The lowest BCUT2D eigenvalue weighted by molar-refractivity contribution is 0.0501. The molecule has 0 unspecified atom stereocenters. The summed E-state index contributed by atoms with van der Waals surface area (Å²) in [7, 11) is 0. The second kappa shape index (κ2) is 6.74. The Morgan fingerprint density at radius 3 is 2.70 bits per heavy atom. The van der Waals surface area contributed by atoms with E-state index in [-0.39, 0.29) is 12.6 Å². The molecule has 0 aliphatic heterocycles. The van der Waals surface area contributed by atoms with Gasteiger partial charge in [0.15, 0.2) is 0 Å². The molecular formula is C14H26N4O2. The fourth-order valence-corrected chi connectivity index (χ4v) is 1.90. The number of nitrogens with one attached hydrogen (secondary N) is 1. The molecule has 0 radical (unpaired) electrons. The monoisotopic (exact) mass is 282 g/mol. The maximum absolute atomic E-state index is 12.1.